The topological polar surface area (TPSA) is 88.8 Å². The predicted molar refractivity (Wildman–Crippen MR) is 58.7 cm³/mol. The maximum Gasteiger partial charge on any atom is 0.0848 e. The van der Waals surface area contributed by atoms with Gasteiger partial charge in [-0.1, -0.05) is 12.2 Å². The number of hydrazone groups is 2. The molecule has 0 spiro atoms. The Morgan fingerprint density at radius 3 is 2.64 bits per heavy atom. The van der Waals surface area contributed by atoms with Crippen molar-refractivity contribution in [3.05, 3.63) is 23.9 Å². The molecule has 0 aromatic rings. The van der Waals surface area contributed by atoms with Gasteiger partial charge in [0, 0.05) is 0 Å². The average molecular weight is 193 g/mol. The van der Waals surface area contributed by atoms with Crippen molar-refractivity contribution in [3.63, 3.8) is 0 Å². The molecule has 0 aromatic heterocycles. The number of rotatable bonds is 2. The van der Waals surface area contributed by atoms with Gasteiger partial charge in [0.1, 0.15) is 0 Å². The lowest BCUT2D eigenvalue weighted by Crippen LogP contribution is -2.37. The second-order valence-electron chi connectivity index (χ2n) is 3.07. The lowest BCUT2D eigenvalue weighted by atomic mass is 10.1. The van der Waals surface area contributed by atoms with Gasteiger partial charge in [-0.25, -0.2) is 0 Å². The largest absolute Gasteiger partial charge is 0.372 e. The van der Waals surface area contributed by atoms with Crippen LogP contribution >= 0.6 is 0 Å². The maximum absolute atomic E-state index is 5.20. The fourth-order valence-corrected chi connectivity index (χ4v) is 1.15. The number of nitrogens with two attached hydrogens (primary N) is 2. The van der Waals surface area contributed by atoms with Crippen LogP contribution < -0.4 is 17.0 Å². The Labute approximate surface area is 83.2 Å². The summed E-state index contributed by atoms with van der Waals surface area (Å²) in [5, 5.41) is 10.5. The smallest absolute Gasteiger partial charge is 0.0848 e. The summed E-state index contributed by atoms with van der Waals surface area (Å²) in [4.78, 5) is 0. The predicted octanol–water partition coefficient (Wildman–Crippen LogP) is 0.0675. The fourth-order valence-electron chi connectivity index (χ4n) is 1.15. The molecule has 76 valence electrons. The second-order valence-corrected chi connectivity index (χ2v) is 3.07. The fraction of sp³-hybridized carbons (Fsp3) is 0.333. The molecule has 14 heavy (non-hydrogen) atoms. The molecule has 0 bridgehead atoms. The van der Waals surface area contributed by atoms with Gasteiger partial charge in [0.25, 0.3) is 0 Å². The van der Waals surface area contributed by atoms with E-state index in [0.717, 1.165) is 17.1 Å². The zero-order valence-corrected chi connectivity index (χ0v) is 8.36. The minimum absolute atomic E-state index is 0.0247. The molecule has 1 atom stereocenters. The summed E-state index contributed by atoms with van der Waals surface area (Å²) in [5.74, 6) is 10.4. The highest BCUT2D eigenvalue weighted by atomic mass is 15.2. The third-order valence-corrected chi connectivity index (χ3v) is 2.11. The minimum Gasteiger partial charge on any atom is -0.372 e. The Morgan fingerprint density at radius 2 is 2.07 bits per heavy atom. The number of allylic oxidation sites excluding steroid dienone is 3. The third kappa shape index (κ3) is 2.12. The van der Waals surface area contributed by atoms with Gasteiger partial charge in [-0.2, -0.15) is 10.2 Å². The zero-order valence-electron chi connectivity index (χ0n) is 8.36. The molecule has 0 fully saturated rings. The second kappa shape index (κ2) is 4.45. The van der Waals surface area contributed by atoms with E-state index >= 15 is 0 Å². The van der Waals surface area contributed by atoms with Crippen LogP contribution in [0.5, 0.6) is 0 Å². The summed E-state index contributed by atoms with van der Waals surface area (Å²) in [6.07, 6.45) is 5.81. The first-order chi connectivity index (χ1) is 6.69. The molecule has 0 saturated carbocycles. The average Bonchev–Trinajstić information content (AvgIpc) is 2.27. The van der Waals surface area contributed by atoms with Crippen LogP contribution in [0.15, 0.2) is 34.1 Å². The number of hydrogen-bond acceptors (Lipinski definition) is 5. The van der Waals surface area contributed by atoms with E-state index in [1.807, 2.05) is 32.1 Å². The van der Waals surface area contributed by atoms with Crippen molar-refractivity contribution in [1.29, 1.82) is 0 Å². The van der Waals surface area contributed by atoms with Crippen LogP contribution in [-0.4, -0.2) is 17.5 Å². The minimum atomic E-state index is 0.0247. The summed E-state index contributed by atoms with van der Waals surface area (Å²) < 4.78 is 0. The normalized spacial score (nSPS) is 23.0. The van der Waals surface area contributed by atoms with E-state index in [9.17, 15) is 0 Å². The van der Waals surface area contributed by atoms with Gasteiger partial charge in [-0.3, -0.25) is 0 Å². The quantitative estimate of drug-likeness (QED) is 0.329. The molecular formula is C9H15N5. The van der Waals surface area contributed by atoms with Gasteiger partial charge < -0.3 is 17.0 Å². The Hall–Kier alpha value is -1.78. The van der Waals surface area contributed by atoms with Gasteiger partial charge in [-0.15, -0.1) is 0 Å². The third-order valence-electron chi connectivity index (χ3n) is 2.11. The maximum atomic E-state index is 5.20. The van der Waals surface area contributed by atoms with Crippen LogP contribution in [0.1, 0.15) is 13.8 Å². The van der Waals surface area contributed by atoms with Crippen molar-refractivity contribution < 1.29 is 0 Å². The molecule has 1 aliphatic rings. The van der Waals surface area contributed by atoms with Crippen LogP contribution in [0.2, 0.25) is 0 Å². The lowest BCUT2D eigenvalue weighted by molar-refractivity contribution is 0.826. The number of hydrogen-bond donors (Lipinski definition) is 3. The van der Waals surface area contributed by atoms with Crippen LogP contribution in [-0.2, 0) is 0 Å². The Bertz CT molecular complexity index is 324. The first kappa shape index (κ1) is 10.3. The summed E-state index contributed by atoms with van der Waals surface area (Å²) in [6.45, 7) is 3.70. The summed E-state index contributed by atoms with van der Waals surface area (Å²) in [5.41, 5.74) is 2.46. The molecule has 1 aliphatic heterocycles. The van der Waals surface area contributed by atoms with Crippen molar-refractivity contribution >= 4 is 11.4 Å². The highest BCUT2D eigenvalue weighted by Crippen LogP contribution is 2.05. The summed E-state index contributed by atoms with van der Waals surface area (Å²) >= 11 is 0. The molecule has 5 N–H and O–H groups in total. The van der Waals surface area contributed by atoms with Gasteiger partial charge in [-0.05, 0) is 19.9 Å². The molecular weight excluding hydrogens is 178 g/mol. The molecule has 1 rings (SSSR count). The molecule has 0 amide bonds. The molecule has 0 aromatic carbocycles. The first-order valence-electron chi connectivity index (χ1n) is 4.33. The molecule has 0 saturated heterocycles. The van der Waals surface area contributed by atoms with Crippen LogP contribution in [0, 0.1) is 0 Å². The molecule has 1 heterocycles. The highest BCUT2D eigenvalue weighted by molar-refractivity contribution is 5.99. The van der Waals surface area contributed by atoms with E-state index in [0.29, 0.717) is 0 Å². The number of nitrogens with one attached hydrogen (secondary N) is 1. The summed E-state index contributed by atoms with van der Waals surface area (Å²) in [7, 11) is 0. The summed E-state index contributed by atoms with van der Waals surface area (Å²) in [6, 6.07) is 0.0247. The number of dihydropyridines is 1. The van der Waals surface area contributed by atoms with E-state index in [-0.39, 0.29) is 6.04 Å². The Kier molecular flexibility index (Phi) is 3.28. The van der Waals surface area contributed by atoms with E-state index in [4.69, 9.17) is 11.7 Å². The van der Waals surface area contributed by atoms with E-state index < -0.39 is 0 Å². The number of nitrogens with zero attached hydrogens (tertiary/aromatic N) is 2. The van der Waals surface area contributed by atoms with E-state index in [2.05, 4.69) is 15.5 Å². The van der Waals surface area contributed by atoms with Gasteiger partial charge in [0.05, 0.1) is 23.2 Å². The van der Waals surface area contributed by atoms with Crippen molar-refractivity contribution in [2.45, 2.75) is 19.9 Å². The SMILES string of the molecule is CC(=NN)C1=CC=CC(C(C)=NN)N1. The standard InChI is InChI=1S/C9H15N5/c1-6(13-10)8-4-3-5-9(12-8)7(2)14-11/h3-5,8,12H,10-11H2,1-2H3. The molecule has 5 nitrogen and oxygen atoms in total. The van der Waals surface area contributed by atoms with Gasteiger partial charge in [0.15, 0.2) is 0 Å². The van der Waals surface area contributed by atoms with Crippen molar-refractivity contribution in [2.24, 2.45) is 21.9 Å². The molecule has 5 heteroatoms. The Morgan fingerprint density at radius 1 is 1.36 bits per heavy atom. The highest BCUT2D eigenvalue weighted by Gasteiger charge is 2.13. The molecule has 0 radical (unpaired) electrons. The monoisotopic (exact) mass is 193 g/mol. The van der Waals surface area contributed by atoms with Gasteiger partial charge >= 0.3 is 0 Å². The molecule has 1 unspecified atom stereocenters. The first-order valence-corrected chi connectivity index (χ1v) is 4.33. The Balaban J connectivity index is 2.79. The zero-order chi connectivity index (χ0) is 10.6. The van der Waals surface area contributed by atoms with Gasteiger partial charge in [0.2, 0.25) is 0 Å². The van der Waals surface area contributed by atoms with E-state index in [1.54, 1.807) is 0 Å². The lowest BCUT2D eigenvalue weighted by Gasteiger charge is -2.20. The van der Waals surface area contributed by atoms with Crippen LogP contribution in [0.3, 0.4) is 0 Å². The van der Waals surface area contributed by atoms with Crippen molar-refractivity contribution in [3.8, 4) is 0 Å². The molecule has 0 aliphatic carbocycles. The van der Waals surface area contributed by atoms with E-state index in [1.165, 1.54) is 0 Å². The van der Waals surface area contributed by atoms with Crippen LogP contribution in [0.4, 0.5) is 0 Å². The van der Waals surface area contributed by atoms with Crippen molar-refractivity contribution in [1.82, 2.24) is 5.32 Å². The van der Waals surface area contributed by atoms with Crippen LogP contribution in [0.25, 0.3) is 0 Å². The van der Waals surface area contributed by atoms with Crippen molar-refractivity contribution in [2.75, 3.05) is 0 Å².